The smallest absolute Gasteiger partial charge is 0.186 e. The molecular formula is C33H52O11. The summed E-state index contributed by atoms with van der Waals surface area (Å²) in [4.78, 5) is 0. The fraction of sp³-hybridized carbons (Fsp3) is 0.939. The Morgan fingerprint density at radius 2 is 1.70 bits per heavy atom. The number of rotatable bonds is 4. The highest BCUT2D eigenvalue weighted by Crippen LogP contribution is 2.71. The minimum atomic E-state index is -1.51. The van der Waals surface area contributed by atoms with Gasteiger partial charge in [0.05, 0.1) is 43.2 Å². The van der Waals surface area contributed by atoms with Gasteiger partial charge in [0, 0.05) is 24.2 Å². The maximum Gasteiger partial charge on any atom is 0.186 e. The number of aliphatic hydroxyl groups excluding tert-OH is 7. The van der Waals surface area contributed by atoms with Gasteiger partial charge in [0.15, 0.2) is 12.1 Å². The van der Waals surface area contributed by atoms with Gasteiger partial charge in [0.2, 0.25) is 0 Å². The van der Waals surface area contributed by atoms with Crippen molar-refractivity contribution in [1.29, 1.82) is 0 Å². The fourth-order valence-electron chi connectivity index (χ4n) is 11.4. The van der Waals surface area contributed by atoms with Crippen LogP contribution in [0.2, 0.25) is 0 Å². The van der Waals surface area contributed by atoms with E-state index in [1.54, 1.807) is 0 Å². The number of aliphatic hydroxyl groups is 7. The van der Waals surface area contributed by atoms with Gasteiger partial charge in [0.25, 0.3) is 0 Å². The van der Waals surface area contributed by atoms with Gasteiger partial charge in [-0.1, -0.05) is 32.4 Å². The first kappa shape index (κ1) is 31.9. The van der Waals surface area contributed by atoms with E-state index in [0.29, 0.717) is 38.0 Å². The van der Waals surface area contributed by atoms with Crippen molar-refractivity contribution in [1.82, 2.24) is 0 Å². The molecule has 3 heterocycles. The molecule has 3 saturated heterocycles. The average molecular weight is 625 g/mol. The zero-order chi connectivity index (χ0) is 31.6. The quantitative estimate of drug-likeness (QED) is 0.218. The van der Waals surface area contributed by atoms with E-state index >= 15 is 0 Å². The molecular weight excluding hydrogens is 572 g/mol. The lowest BCUT2D eigenvalue weighted by Crippen LogP contribution is -2.60. The van der Waals surface area contributed by atoms with Gasteiger partial charge >= 0.3 is 0 Å². The van der Waals surface area contributed by atoms with Gasteiger partial charge in [-0.2, -0.15) is 0 Å². The van der Waals surface area contributed by atoms with Crippen LogP contribution < -0.4 is 0 Å². The molecule has 1 spiro atoms. The van der Waals surface area contributed by atoms with E-state index in [1.165, 1.54) is 0 Å². The molecule has 4 aliphatic carbocycles. The number of allylic oxidation sites excluding steroid dienone is 1. The Morgan fingerprint density at radius 1 is 0.955 bits per heavy atom. The van der Waals surface area contributed by atoms with Crippen LogP contribution in [-0.2, 0) is 18.9 Å². The second-order valence-electron chi connectivity index (χ2n) is 16.0. The van der Waals surface area contributed by atoms with Gasteiger partial charge in [-0.25, -0.2) is 0 Å². The lowest BCUT2D eigenvalue weighted by atomic mass is 9.45. The van der Waals surface area contributed by atoms with Crippen LogP contribution >= 0.6 is 0 Å². The van der Waals surface area contributed by atoms with Crippen LogP contribution in [0.25, 0.3) is 0 Å². The second kappa shape index (κ2) is 10.7. The van der Waals surface area contributed by atoms with Crippen molar-refractivity contribution in [2.45, 2.75) is 139 Å². The molecule has 7 N–H and O–H groups in total. The Bertz CT molecular complexity index is 1150. The predicted octanol–water partition coefficient (Wildman–Crippen LogP) is 0.595. The van der Waals surface area contributed by atoms with Crippen molar-refractivity contribution in [3.05, 3.63) is 11.6 Å². The highest BCUT2D eigenvalue weighted by molar-refractivity contribution is 5.29. The van der Waals surface area contributed by atoms with Gasteiger partial charge < -0.3 is 54.7 Å². The minimum Gasteiger partial charge on any atom is -0.394 e. The zero-order valence-electron chi connectivity index (χ0n) is 26.3. The Morgan fingerprint density at radius 3 is 2.43 bits per heavy atom. The van der Waals surface area contributed by atoms with E-state index in [4.69, 9.17) is 18.9 Å². The van der Waals surface area contributed by atoms with Crippen LogP contribution in [0.3, 0.4) is 0 Å². The summed E-state index contributed by atoms with van der Waals surface area (Å²) in [5, 5.41) is 73.7. The molecule has 0 amide bonds. The van der Waals surface area contributed by atoms with E-state index in [1.807, 2.05) is 6.92 Å². The van der Waals surface area contributed by atoms with E-state index in [2.05, 4.69) is 26.8 Å². The molecule has 0 bridgehead atoms. The van der Waals surface area contributed by atoms with Crippen LogP contribution in [0.15, 0.2) is 11.6 Å². The summed E-state index contributed by atoms with van der Waals surface area (Å²) in [5.74, 6) is -0.0612. The largest absolute Gasteiger partial charge is 0.394 e. The maximum absolute atomic E-state index is 11.9. The van der Waals surface area contributed by atoms with E-state index < -0.39 is 72.4 Å². The molecule has 0 aromatic rings. The summed E-state index contributed by atoms with van der Waals surface area (Å²) >= 11 is 0. The van der Waals surface area contributed by atoms with Crippen molar-refractivity contribution in [3.63, 3.8) is 0 Å². The van der Waals surface area contributed by atoms with Crippen molar-refractivity contribution in [3.8, 4) is 0 Å². The van der Waals surface area contributed by atoms with Crippen molar-refractivity contribution in [2.24, 2.45) is 40.4 Å². The Balaban J connectivity index is 1.07. The molecule has 0 aromatic carbocycles. The Kier molecular flexibility index (Phi) is 7.72. The lowest BCUT2D eigenvalue weighted by molar-refractivity contribution is -0.318. The summed E-state index contributed by atoms with van der Waals surface area (Å²) in [6, 6.07) is 0. The predicted molar refractivity (Wildman–Crippen MR) is 155 cm³/mol. The van der Waals surface area contributed by atoms with E-state index in [-0.39, 0.29) is 41.8 Å². The summed E-state index contributed by atoms with van der Waals surface area (Å²) in [5.41, 5.74) is -0.348. The topological polar surface area (TPSA) is 179 Å². The van der Waals surface area contributed by atoms with Crippen LogP contribution in [-0.4, -0.2) is 115 Å². The van der Waals surface area contributed by atoms with Crippen LogP contribution in [0.5, 0.6) is 0 Å². The van der Waals surface area contributed by atoms with Crippen LogP contribution in [0, 0.1) is 40.4 Å². The van der Waals surface area contributed by atoms with E-state index in [9.17, 15) is 35.7 Å². The second-order valence-corrected chi connectivity index (χ2v) is 16.0. The molecule has 6 fully saturated rings. The number of hydrogen-bond acceptors (Lipinski definition) is 11. The molecule has 7 rings (SSSR count). The van der Waals surface area contributed by atoms with Crippen molar-refractivity contribution >= 4 is 0 Å². The normalized spacial score (nSPS) is 60.0. The summed E-state index contributed by atoms with van der Waals surface area (Å²) in [6.07, 6.45) is -1.67. The lowest BCUT2D eigenvalue weighted by Gasteiger charge is -2.61. The first-order valence-corrected chi connectivity index (χ1v) is 16.7. The Labute approximate surface area is 259 Å². The number of fused-ring (bicyclic) bond motifs is 7. The minimum absolute atomic E-state index is 0.0176. The molecule has 18 unspecified atom stereocenters. The molecule has 44 heavy (non-hydrogen) atoms. The SMILES string of the molecule is CC1C2C(CC3C4CC=C5CC(O)CC(O)C5(C)C4C(O)CC32C)OC12CCC(C)(COC1OC(CO)C(O)C(O)C1O)O2. The fourth-order valence-corrected chi connectivity index (χ4v) is 11.4. The molecule has 250 valence electrons. The first-order valence-electron chi connectivity index (χ1n) is 16.7. The van der Waals surface area contributed by atoms with Crippen LogP contribution in [0.1, 0.15) is 72.6 Å². The van der Waals surface area contributed by atoms with Gasteiger partial charge in [-0.05, 0) is 68.1 Å². The first-order chi connectivity index (χ1) is 20.7. The summed E-state index contributed by atoms with van der Waals surface area (Å²) in [6.45, 7) is 8.10. The molecule has 7 aliphatic rings. The highest BCUT2D eigenvalue weighted by Gasteiger charge is 2.72. The Hall–Kier alpha value is -0.700. The van der Waals surface area contributed by atoms with Crippen molar-refractivity contribution < 1.29 is 54.7 Å². The third-order valence-corrected chi connectivity index (χ3v) is 13.6. The number of ether oxygens (including phenoxy) is 4. The zero-order valence-corrected chi connectivity index (χ0v) is 26.3. The third-order valence-electron chi connectivity index (χ3n) is 13.6. The molecule has 3 aliphatic heterocycles. The van der Waals surface area contributed by atoms with Gasteiger partial charge in [-0.15, -0.1) is 0 Å². The molecule has 0 radical (unpaired) electrons. The van der Waals surface area contributed by atoms with Crippen molar-refractivity contribution in [2.75, 3.05) is 13.2 Å². The maximum atomic E-state index is 11.9. The molecule has 18 atom stereocenters. The molecule has 3 saturated carbocycles. The number of hydrogen-bond donors (Lipinski definition) is 7. The highest BCUT2D eigenvalue weighted by atomic mass is 16.7. The summed E-state index contributed by atoms with van der Waals surface area (Å²) < 4.78 is 25.1. The summed E-state index contributed by atoms with van der Waals surface area (Å²) in [7, 11) is 0. The standard InChI is InChI=1S/C33H52O11/c1-15-24-21(43-33(15)8-7-30(2,44-33)14-41-29-28(40)27(39)26(38)22(13-34)42-29)11-19-18-6-5-16-9-17(35)10-23(37)32(16,4)25(18)20(36)12-31(19,24)3/h5,15,17-29,34-40H,6-14H2,1-4H3. The van der Waals surface area contributed by atoms with Gasteiger partial charge in [0.1, 0.15) is 24.4 Å². The molecule has 11 heteroatoms. The molecule has 0 aromatic heterocycles. The third kappa shape index (κ3) is 4.41. The monoisotopic (exact) mass is 624 g/mol. The van der Waals surface area contributed by atoms with Crippen LogP contribution in [0.4, 0.5) is 0 Å². The average Bonchev–Trinajstić information content (AvgIpc) is 3.55. The van der Waals surface area contributed by atoms with E-state index in [0.717, 1.165) is 18.4 Å². The molecule has 11 nitrogen and oxygen atoms in total. The van der Waals surface area contributed by atoms with Gasteiger partial charge in [-0.3, -0.25) is 0 Å².